The number of allylic oxidation sites excluding steroid dienone is 1. The Morgan fingerprint density at radius 3 is 1.55 bits per heavy atom. The lowest BCUT2D eigenvalue weighted by atomic mass is 9.63. The summed E-state index contributed by atoms with van der Waals surface area (Å²) in [4.78, 5) is 0. The molecule has 0 bridgehead atoms. The lowest BCUT2D eigenvalue weighted by molar-refractivity contribution is 0.702. The van der Waals surface area contributed by atoms with Crippen molar-refractivity contribution in [1.29, 1.82) is 0 Å². The van der Waals surface area contributed by atoms with Crippen molar-refractivity contribution in [2.45, 2.75) is 38.6 Å². The average molecular weight is 430 g/mol. The van der Waals surface area contributed by atoms with Gasteiger partial charge in [0.05, 0.1) is 11.0 Å². The molecule has 0 atom stereocenters. The molecule has 1 N–H and O–H groups in total. The van der Waals surface area contributed by atoms with Crippen LogP contribution in [0.5, 0.6) is 0 Å². The summed E-state index contributed by atoms with van der Waals surface area (Å²) in [6.07, 6.45) is 2.33. The van der Waals surface area contributed by atoms with Crippen LogP contribution in [0.15, 0.2) is 109 Å². The van der Waals surface area contributed by atoms with Crippen LogP contribution in [0.4, 0.5) is 5.69 Å². The molecule has 1 heterocycles. The molecule has 0 saturated heterocycles. The summed E-state index contributed by atoms with van der Waals surface area (Å²) in [5.74, 6) is 0. The molecular weight excluding hydrogens is 398 g/mol. The molecule has 0 radical (unpaired) electrons. The van der Waals surface area contributed by atoms with Crippen LogP contribution in [-0.4, -0.2) is 5.54 Å². The van der Waals surface area contributed by atoms with E-state index in [1.165, 1.54) is 44.6 Å². The predicted molar refractivity (Wildman–Crippen MR) is 141 cm³/mol. The smallest absolute Gasteiger partial charge is 0.0704 e. The van der Waals surface area contributed by atoms with Gasteiger partial charge in [-0.05, 0) is 73.2 Å². The fourth-order valence-electron chi connectivity index (χ4n) is 5.57. The summed E-state index contributed by atoms with van der Waals surface area (Å²) in [5.41, 5.74) is 9.72. The van der Waals surface area contributed by atoms with Crippen molar-refractivity contribution < 1.29 is 0 Å². The van der Waals surface area contributed by atoms with Gasteiger partial charge in [0.25, 0.3) is 0 Å². The first kappa shape index (κ1) is 21.3. The summed E-state index contributed by atoms with van der Waals surface area (Å²) >= 11 is 0. The number of fused-ring (bicyclic) bond motifs is 1. The number of aryl methyl sites for hydroxylation is 1. The molecule has 1 aliphatic heterocycles. The first-order valence-corrected chi connectivity index (χ1v) is 11.7. The van der Waals surface area contributed by atoms with Crippen LogP contribution in [0.2, 0.25) is 0 Å². The number of anilines is 1. The van der Waals surface area contributed by atoms with Gasteiger partial charge in [-0.2, -0.15) is 0 Å². The van der Waals surface area contributed by atoms with Crippen molar-refractivity contribution >= 4 is 11.3 Å². The molecule has 0 fully saturated rings. The largest absolute Gasteiger partial charge is 0.376 e. The Labute approximate surface area is 197 Å². The molecule has 0 aromatic heterocycles. The first-order valence-electron chi connectivity index (χ1n) is 11.7. The van der Waals surface area contributed by atoms with E-state index in [1.807, 2.05) is 0 Å². The molecule has 5 rings (SSSR count). The highest BCUT2D eigenvalue weighted by Gasteiger charge is 2.40. The SMILES string of the molecule is CC1=CC(C)(C)Nc2cc(C(c3ccccc3)(c3ccccc3)c3ccccc3)c(C)cc21. The molecule has 4 aromatic carbocycles. The minimum Gasteiger partial charge on any atom is -0.376 e. The molecule has 0 unspecified atom stereocenters. The zero-order valence-electron chi connectivity index (χ0n) is 19.9. The van der Waals surface area contributed by atoms with Gasteiger partial charge >= 0.3 is 0 Å². The van der Waals surface area contributed by atoms with E-state index < -0.39 is 5.41 Å². The van der Waals surface area contributed by atoms with Gasteiger partial charge < -0.3 is 5.32 Å². The van der Waals surface area contributed by atoms with Gasteiger partial charge in [0.2, 0.25) is 0 Å². The highest BCUT2D eigenvalue weighted by atomic mass is 15.0. The molecule has 0 saturated carbocycles. The van der Waals surface area contributed by atoms with Crippen molar-refractivity contribution in [3.8, 4) is 0 Å². The average Bonchev–Trinajstić information content (AvgIpc) is 2.82. The third kappa shape index (κ3) is 3.58. The highest BCUT2D eigenvalue weighted by molar-refractivity contribution is 5.82. The number of hydrogen-bond acceptors (Lipinski definition) is 1. The third-order valence-electron chi connectivity index (χ3n) is 6.85. The van der Waals surface area contributed by atoms with E-state index in [0.717, 1.165) is 0 Å². The Hall–Kier alpha value is -3.58. The third-order valence-corrected chi connectivity index (χ3v) is 6.85. The van der Waals surface area contributed by atoms with E-state index >= 15 is 0 Å². The van der Waals surface area contributed by atoms with Gasteiger partial charge in [-0.25, -0.2) is 0 Å². The standard InChI is InChI=1S/C32H31N/c1-23-20-28-24(2)22-31(3,4)33-30(28)21-29(23)32(25-14-8-5-9-15-25,26-16-10-6-11-17-26)27-18-12-7-13-19-27/h5-22,33H,1-4H3. The number of rotatable bonds is 4. The highest BCUT2D eigenvalue weighted by Crippen LogP contribution is 2.48. The van der Waals surface area contributed by atoms with Crippen molar-refractivity contribution in [2.24, 2.45) is 0 Å². The van der Waals surface area contributed by atoms with Crippen LogP contribution in [0.3, 0.4) is 0 Å². The van der Waals surface area contributed by atoms with Crippen LogP contribution in [-0.2, 0) is 5.41 Å². The number of nitrogens with one attached hydrogen (secondary N) is 1. The van der Waals surface area contributed by atoms with E-state index in [9.17, 15) is 0 Å². The fraction of sp³-hybridized carbons (Fsp3) is 0.188. The number of hydrogen-bond donors (Lipinski definition) is 1. The Morgan fingerprint density at radius 2 is 1.09 bits per heavy atom. The maximum atomic E-state index is 3.78. The van der Waals surface area contributed by atoms with Gasteiger partial charge in [-0.3, -0.25) is 0 Å². The summed E-state index contributed by atoms with van der Waals surface area (Å²) in [6, 6.07) is 37.6. The topological polar surface area (TPSA) is 12.0 Å². The van der Waals surface area contributed by atoms with Crippen molar-refractivity contribution in [3.05, 3.63) is 143 Å². The summed E-state index contributed by atoms with van der Waals surface area (Å²) < 4.78 is 0. The molecule has 164 valence electrons. The predicted octanol–water partition coefficient (Wildman–Crippen LogP) is 7.99. The minimum absolute atomic E-state index is 0.0848. The molecule has 0 amide bonds. The maximum Gasteiger partial charge on any atom is 0.0704 e. The van der Waals surface area contributed by atoms with Crippen LogP contribution >= 0.6 is 0 Å². The molecule has 0 spiro atoms. The van der Waals surface area contributed by atoms with Gasteiger partial charge in [0.1, 0.15) is 0 Å². The van der Waals surface area contributed by atoms with E-state index in [2.05, 4.69) is 142 Å². The van der Waals surface area contributed by atoms with E-state index in [0.29, 0.717) is 0 Å². The van der Waals surface area contributed by atoms with Crippen LogP contribution in [0.1, 0.15) is 54.2 Å². The number of benzene rings is 4. The lowest BCUT2D eigenvalue weighted by Gasteiger charge is -2.40. The summed E-state index contributed by atoms with van der Waals surface area (Å²) in [5, 5.41) is 3.78. The second-order valence-electron chi connectivity index (χ2n) is 9.73. The van der Waals surface area contributed by atoms with Gasteiger partial charge in [-0.15, -0.1) is 0 Å². The molecule has 1 aliphatic rings. The molecule has 4 aromatic rings. The maximum absolute atomic E-state index is 3.78. The van der Waals surface area contributed by atoms with Gasteiger partial charge in [0, 0.05) is 11.3 Å². The van der Waals surface area contributed by atoms with E-state index in [1.54, 1.807) is 0 Å². The molecule has 33 heavy (non-hydrogen) atoms. The van der Waals surface area contributed by atoms with Crippen molar-refractivity contribution in [2.75, 3.05) is 5.32 Å². The fourth-order valence-corrected chi connectivity index (χ4v) is 5.57. The Morgan fingerprint density at radius 1 is 0.636 bits per heavy atom. The Kier molecular flexibility index (Phi) is 5.21. The molecular formula is C32H31N. The Balaban J connectivity index is 1.90. The summed E-state index contributed by atoms with van der Waals surface area (Å²) in [6.45, 7) is 8.95. The quantitative estimate of drug-likeness (QED) is 0.324. The second-order valence-corrected chi connectivity index (χ2v) is 9.73. The van der Waals surface area contributed by atoms with Crippen LogP contribution in [0, 0.1) is 6.92 Å². The normalized spacial score (nSPS) is 14.7. The second kappa shape index (κ2) is 8.08. The van der Waals surface area contributed by atoms with Crippen molar-refractivity contribution in [1.82, 2.24) is 0 Å². The van der Waals surface area contributed by atoms with Crippen LogP contribution in [0.25, 0.3) is 5.57 Å². The first-order chi connectivity index (χ1) is 15.9. The minimum atomic E-state index is -0.427. The Bertz CT molecular complexity index is 1200. The molecule has 1 nitrogen and oxygen atoms in total. The van der Waals surface area contributed by atoms with Crippen molar-refractivity contribution in [3.63, 3.8) is 0 Å². The van der Waals surface area contributed by atoms with Gasteiger partial charge in [0.15, 0.2) is 0 Å². The monoisotopic (exact) mass is 429 g/mol. The van der Waals surface area contributed by atoms with Gasteiger partial charge in [-0.1, -0.05) is 97.1 Å². The summed E-state index contributed by atoms with van der Waals surface area (Å²) in [7, 11) is 0. The zero-order valence-corrected chi connectivity index (χ0v) is 19.9. The zero-order chi connectivity index (χ0) is 23.1. The molecule has 0 aliphatic carbocycles. The lowest BCUT2D eigenvalue weighted by Crippen LogP contribution is -2.34. The van der Waals surface area contributed by atoms with Crippen LogP contribution < -0.4 is 5.32 Å². The molecule has 1 heteroatoms. The van der Waals surface area contributed by atoms with E-state index in [4.69, 9.17) is 0 Å². The van der Waals surface area contributed by atoms with E-state index in [-0.39, 0.29) is 5.54 Å².